The van der Waals surface area contributed by atoms with Gasteiger partial charge in [0.2, 0.25) is 0 Å². The summed E-state index contributed by atoms with van der Waals surface area (Å²) in [6.45, 7) is 0. The van der Waals surface area contributed by atoms with Gasteiger partial charge >= 0.3 is 0 Å². The normalized spacial score (nSPS) is 12.1. The maximum absolute atomic E-state index is 11.8. The molecule has 0 saturated heterocycles. The molecular weight excluding hydrogens is 206 g/mol. The zero-order valence-corrected chi connectivity index (χ0v) is 8.91. The van der Waals surface area contributed by atoms with Crippen LogP contribution in [0.5, 0.6) is 0 Å². The van der Waals surface area contributed by atoms with E-state index in [1.54, 1.807) is 0 Å². The van der Waals surface area contributed by atoms with Crippen LogP contribution in [-0.4, -0.2) is 4.55 Å². The Kier molecular flexibility index (Phi) is 3.27. The van der Waals surface area contributed by atoms with Crippen LogP contribution in [0.15, 0.2) is 65.6 Å². The fourth-order valence-electron chi connectivity index (χ4n) is 1.22. The second-order valence-electron chi connectivity index (χ2n) is 3.05. The Balaban J connectivity index is 2.08. The lowest BCUT2D eigenvalue weighted by atomic mass is 10.3. The van der Waals surface area contributed by atoms with Crippen molar-refractivity contribution in [1.29, 1.82) is 0 Å². The molecule has 1 atom stereocenters. The SMILES string of the molecule is [O-][S+](Nc1ccccc1)c1ccccc1. The second-order valence-corrected chi connectivity index (χ2v) is 4.26. The van der Waals surface area contributed by atoms with E-state index in [0.717, 1.165) is 10.6 Å². The molecule has 0 amide bonds. The van der Waals surface area contributed by atoms with Crippen molar-refractivity contribution in [1.82, 2.24) is 0 Å². The first kappa shape index (κ1) is 10.1. The van der Waals surface area contributed by atoms with E-state index in [9.17, 15) is 4.55 Å². The molecule has 1 N–H and O–H groups in total. The third-order valence-corrected chi connectivity index (χ3v) is 3.06. The highest BCUT2D eigenvalue weighted by molar-refractivity contribution is 7.92. The molecule has 0 aromatic heterocycles. The van der Waals surface area contributed by atoms with Crippen LogP contribution in [0.4, 0.5) is 5.69 Å². The molecule has 15 heavy (non-hydrogen) atoms. The van der Waals surface area contributed by atoms with Gasteiger partial charge in [0.25, 0.3) is 0 Å². The number of para-hydroxylation sites is 1. The first-order valence-corrected chi connectivity index (χ1v) is 5.80. The van der Waals surface area contributed by atoms with E-state index >= 15 is 0 Å². The predicted octanol–water partition coefficient (Wildman–Crippen LogP) is 2.82. The van der Waals surface area contributed by atoms with Crippen molar-refractivity contribution in [2.24, 2.45) is 0 Å². The fourth-order valence-corrected chi connectivity index (χ4v) is 2.09. The van der Waals surface area contributed by atoms with Gasteiger partial charge in [0.1, 0.15) is 11.4 Å². The largest absolute Gasteiger partial charge is 0.588 e. The van der Waals surface area contributed by atoms with Gasteiger partial charge in [-0.1, -0.05) is 36.4 Å². The van der Waals surface area contributed by atoms with E-state index in [1.165, 1.54) is 0 Å². The Hall–Kier alpha value is -1.45. The lowest BCUT2D eigenvalue weighted by Crippen LogP contribution is -2.12. The summed E-state index contributed by atoms with van der Waals surface area (Å²) in [5.41, 5.74) is 0.861. The molecule has 0 bridgehead atoms. The van der Waals surface area contributed by atoms with E-state index in [1.807, 2.05) is 60.7 Å². The molecule has 76 valence electrons. The Bertz CT molecular complexity index is 404. The smallest absolute Gasteiger partial charge is 0.179 e. The average molecular weight is 217 g/mol. The quantitative estimate of drug-likeness (QED) is 0.802. The summed E-state index contributed by atoms with van der Waals surface area (Å²) in [6.07, 6.45) is 0. The van der Waals surface area contributed by atoms with E-state index in [4.69, 9.17) is 0 Å². The van der Waals surface area contributed by atoms with Crippen molar-refractivity contribution in [2.45, 2.75) is 4.90 Å². The van der Waals surface area contributed by atoms with Crippen molar-refractivity contribution in [3.63, 3.8) is 0 Å². The molecule has 2 aromatic rings. The van der Waals surface area contributed by atoms with E-state index in [0.29, 0.717) is 0 Å². The van der Waals surface area contributed by atoms with Crippen LogP contribution in [0.3, 0.4) is 0 Å². The molecule has 2 aromatic carbocycles. The Labute approximate surface area is 92.3 Å². The predicted molar refractivity (Wildman–Crippen MR) is 62.9 cm³/mol. The molecule has 0 aliphatic carbocycles. The van der Waals surface area contributed by atoms with E-state index in [-0.39, 0.29) is 0 Å². The number of hydrogen-bond donors (Lipinski definition) is 1. The van der Waals surface area contributed by atoms with Crippen LogP contribution < -0.4 is 4.72 Å². The summed E-state index contributed by atoms with van der Waals surface area (Å²) in [6, 6.07) is 18.9. The fraction of sp³-hybridized carbons (Fsp3) is 0. The maximum Gasteiger partial charge on any atom is 0.179 e. The molecule has 2 nitrogen and oxygen atoms in total. The molecule has 0 spiro atoms. The van der Waals surface area contributed by atoms with Gasteiger partial charge in [-0.3, -0.25) is 0 Å². The highest BCUT2D eigenvalue weighted by atomic mass is 32.2. The van der Waals surface area contributed by atoms with Crippen molar-refractivity contribution < 1.29 is 4.55 Å². The zero-order valence-electron chi connectivity index (χ0n) is 8.09. The van der Waals surface area contributed by atoms with E-state index < -0.39 is 11.4 Å². The van der Waals surface area contributed by atoms with Crippen molar-refractivity contribution in [3.05, 3.63) is 60.7 Å². The minimum atomic E-state index is -1.18. The van der Waals surface area contributed by atoms with Crippen molar-refractivity contribution in [3.8, 4) is 0 Å². The van der Waals surface area contributed by atoms with Gasteiger partial charge in [-0.05, 0) is 24.3 Å². The second kappa shape index (κ2) is 4.87. The minimum absolute atomic E-state index is 0.779. The highest BCUT2D eigenvalue weighted by Gasteiger charge is 2.09. The summed E-state index contributed by atoms with van der Waals surface area (Å²) < 4.78 is 14.7. The molecule has 3 heteroatoms. The Morgan fingerprint density at radius 2 is 1.33 bits per heavy atom. The van der Waals surface area contributed by atoms with Gasteiger partial charge in [0, 0.05) is 0 Å². The summed E-state index contributed by atoms with van der Waals surface area (Å²) in [7, 11) is 0. The number of rotatable bonds is 3. The standard InChI is InChI=1S/C12H11NOS/c14-15(12-9-5-2-6-10-12)13-11-7-3-1-4-8-11/h1-10,13H. The van der Waals surface area contributed by atoms with Crippen LogP contribution >= 0.6 is 0 Å². The van der Waals surface area contributed by atoms with Gasteiger partial charge in [0.05, 0.1) is 5.69 Å². The number of hydrogen-bond acceptors (Lipinski definition) is 2. The van der Waals surface area contributed by atoms with Crippen molar-refractivity contribution >= 4 is 17.0 Å². The summed E-state index contributed by atoms with van der Waals surface area (Å²) in [4.78, 5) is 0.779. The molecule has 1 unspecified atom stereocenters. The molecule has 0 aliphatic heterocycles. The zero-order chi connectivity index (χ0) is 10.5. The van der Waals surface area contributed by atoms with Gasteiger partial charge in [-0.15, -0.1) is 0 Å². The molecular formula is C12H11NOS. The third kappa shape index (κ3) is 2.75. The first-order chi connectivity index (χ1) is 7.36. The lowest BCUT2D eigenvalue weighted by molar-refractivity contribution is 0.600. The third-order valence-electron chi connectivity index (χ3n) is 1.94. The number of anilines is 1. The monoisotopic (exact) mass is 217 g/mol. The van der Waals surface area contributed by atoms with Crippen LogP contribution in [0.1, 0.15) is 0 Å². The van der Waals surface area contributed by atoms with Crippen molar-refractivity contribution in [2.75, 3.05) is 4.72 Å². The molecule has 0 aliphatic rings. The minimum Gasteiger partial charge on any atom is -0.588 e. The van der Waals surface area contributed by atoms with Crippen LogP contribution in [0.25, 0.3) is 0 Å². The molecule has 0 heterocycles. The van der Waals surface area contributed by atoms with Gasteiger partial charge in [-0.2, -0.15) is 0 Å². The van der Waals surface area contributed by atoms with Gasteiger partial charge < -0.3 is 4.55 Å². The average Bonchev–Trinajstić information content (AvgIpc) is 2.31. The maximum atomic E-state index is 11.8. The highest BCUT2D eigenvalue weighted by Crippen LogP contribution is 2.14. The lowest BCUT2D eigenvalue weighted by Gasteiger charge is -2.10. The number of benzene rings is 2. The number of nitrogens with one attached hydrogen (secondary N) is 1. The first-order valence-electron chi connectivity index (χ1n) is 4.65. The topological polar surface area (TPSA) is 35.1 Å². The summed E-state index contributed by atoms with van der Waals surface area (Å²) in [5.74, 6) is 0. The van der Waals surface area contributed by atoms with Gasteiger partial charge in [0.15, 0.2) is 4.90 Å². The van der Waals surface area contributed by atoms with Crippen LogP contribution in [0, 0.1) is 0 Å². The van der Waals surface area contributed by atoms with E-state index in [2.05, 4.69) is 4.72 Å². The molecule has 0 saturated carbocycles. The van der Waals surface area contributed by atoms with Crippen LogP contribution in [-0.2, 0) is 11.4 Å². The summed E-state index contributed by atoms with van der Waals surface area (Å²) in [5, 5.41) is 0. The summed E-state index contributed by atoms with van der Waals surface area (Å²) >= 11 is -1.18. The van der Waals surface area contributed by atoms with Gasteiger partial charge in [-0.25, -0.2) is 4.72 Å². The molecule has 0 fully saturated rings. The molecule has 2 rings (SSSR count). The molecule has 0 radical (unpaired) electrons. The van der Waals surface area contributed by atoms with Crippen LogP contribution in [0.2, 0.25) is 0 Å². The Morgan fingerprint density at radius 1 is 0.800 bits per heavy atom. The Morgan fingerprint density at radius 3 is 1.93 bits per heavy atom.